The highest BCUT2D eigenvalue weighted by Gasteiger charge is 2.44. The number of aliphatic hydroxyl groups is 2. The molecule has 4 N–H and O–H groups in total. The van der Waals surface area contributed by atoms with Crippen molar-refractivity contribution in [3.05, 3.63) is 48.5 Å². The molecule has 0 radical (unpaired) electrons. The molecule has 1 aliphatic rings. The summed E-state index contributed by atoms with van der Waals surface area (Å²) in [6.45, 7) is -0.175. The average molecular weight is 399 g/mol. The van der Waals surface area contributed by atoms with Gasteiger partial charge in [0.2, 0.25) is 0 Å². The smallest absolute Gasteiger partial charge is 0.306 e. The first-order chi connectivity index (χ1) is 14.0. The number of hydrogen-bond donors (Lipinski definition) is 3. The lowest BCUT2D eigenvalue weighted by Gasteiger charge is -2.16. The number of rotatable bonds is 6. The van der Waals surface area contributed by atoms with E-state index < -0.39 is 30.5 Å². The molecule has 0 unspecified atom stereocenters. The molecule has 1 aliphatic heterocycles. The van der Waals surface area contributed by atoms with E-state index >= 15 is 0 Å². The Balaban J connectivity index is 1.37. The van der Waals surface area contributed by atoms with Gasteiger partial charge in [-0.05, 0) is 12.0 Å². The van der Waals surface area contributed by atoms with E-state index in [2.05, 4.69) is 15.0 Å². The van der Waals surface area contributed by atoms with Gasteiger partial charge >= 0.3 is 5.97 Å². The maximum atomic E-state index is 12.0. The number of nitrogen functional groups attached to an aromatic ring is 1. The van der Waals surface area contributed by atoms with Crippen molar-refractivity contribution >= 4 is 23.0 Å². The van der Waals surface area contributed by atoms with Crippen molar-refractivity contribution in [2.75, 3.05) is 12.3 Å². The van der Waals surface area contributed by atoms with E-state index in [4.69, 9.17) is 15.2 Å². The minimum absolute atomic E-state index is 0.175. The lowest BCUT2D eigenvalue weighted by atomic mass is 10.1. The quantitative estimate of drug-likeness (QED) is 0.495. The number of nitrogens with zero attached hydrogens (tertiary/aromatic N) is 4. The molecular weight excluding hydrogens is 378 g/mol. The van der Waals surface area contributed by atoms with Crippen LogP contribution in [0.4, 0.5) is 5.82 Å². The predicted molar refractivity (Wildman–Crippen MR) is 101 cm³/mol. The molecule has 1 aromatic carbocycles. The molecule has 0 aliphatic carbocycles. The molecular formula is C19H21N5O5. The number of hydrogen-bond acceptors (Lipinski definition) is 9. The number of anilines is 1. The van der Waals surface area contributed by atoms with Crippen LogP contribution < -0.4 is 5.73 Å². The second-order valence-corrected chi connectivity index (χ2v) is 6.80. The summed E-state index contributed by atoms with van der Waals surface area (Å²) < 4.78 is 12.4. The topological polar surface area (TPSA) is 146 Å². The zero-order chi connectivity index (χ0) is 20.4. The molecule has 1 saturated heterocycles. The van der Waals surface area contributed by atoms with Gasteiger partial charge in [-0.3, -0.25) is 9.36 Å². The van der Waals surface area contributed by atoms with Crippen molar-refractivity contribution in [2.45, 2.75) is 37.4 Å². The molecule has 10 nitrogen and oxygen atoms in total. The maximum Gasteiger partial charge on any atom is 0.306 e. The van der Waals surface area contributed by atoms with Gasteiger partial charge in [-0.1, -0.05) is 30.3 Å². The molecule has 0 bridgehead atoms. The van der Waals surface area contributed by atoms with E-state index in [9.17, 15) is 15.0 Å². The van der Waals surface area contributed by atoms with Crippen LogP contribution in [0.5, 0.6) is 0 Å². The van der Waals surface area contributed by atoms with E-state index in [-0.39, 0.29) is 18.8 Å². The highest BCUT2D eigenvalue weighted by Crippen LogP contribution is 2.32. The lowest BCUT2D eigenvalue weighted by molar-refractivity contribution is -0.150. The Labute approximate surface area is 165 Å². The Morgan fingerprint density at radius 3 is 2.76 bits per heavy atom. The van der Waals surface area contributed by atoms with Crippen molar-refractivity contribution in [2.24, 2.45) is 0 Å². The minimum Gasteiger partial charge on any atom is -0.463 e. The fraction of sp³-hybridized carbons (Fsp3) is 0.368. The monoisotopic (exact) mass is 399 g/mol. The summed E-state index contributed by atoms with van der Waals surface area (Å²) in [5, 5.41) is 20.7. The first kappa shape index (κ1) is 19.2. The number of aliphatic hydroxyl groups excluding tert-OH is 2. The summed E-state index contributed by atoms with van der Waals surface area (Å²) in [6, 6.07) is 9.59. The molecule has 152 valence electrons. The normalized spacial score (nSPS) is 24.1. The summed E-state index contributed by atoms with van der Waals surface area (Å²) in [4.78, 5) is 24.1. The van der Waals surface area contributed by atoms with Crippen LogP contribution in [0, 0.1) is 0 Å². The SMILES string of the molecule is Nc1ncnc2c1ncn2[C@@H]1O[C@H](COC(=O)CCc2ccccc2)[C@@H](O)[C@@H]1O. The summed E-state index contributed by atoms with van der Waals surface area (Å²) in [5.41, 5.74) is 7.54. The van der Waals surface area contributed by atoms with Gasteiger partial charge in [0, 0.05) is 6.42 Å². The molecule has 3 heterocycles. The van der Waals surface area contributed by atoms with E-state index in [1.54, 1.807) is 0 Å². The second kappa shape index (κ2) is 8.11. The molecule has 2 aromatic heterocycles. The Bertz CT molecular complexity index is 995. The number of aryl methyl sites for hydroxylation is 1. The minimum atomic E-state index is -1.25. The second-order valence-electron chi connectivity index (χ2n) is 6.80. The third-order valence-electron chi connectivity index (χ3n) is 4.87. The molecule has 4 rings (SSSR count). The predicted octanol–water partition coefficient (Wildman–Crippen LogP) is 0.204. The van der Waals surface area contributed by atoms with Gasteiger partial charge in [-0.2, -0.15) is 0 Å². The molecule has 4 atom stereocenters. The first-order valence-electron chi connectivity index (χ1n) is 9.18. The third-order valence-corrected chi connectivity index (χ3v) is 4.87. The summed E-state index contributed by atoms with van der Waals surface area (Å²) in [7, 11) is 0. The van der Waals surface area contributed by atoms with E-state index in [1.807, 2.05) is 30.3 Å². The van der Waals surface area contributed by atoms with Crippen LogP contribution in [0.25, 0.3) is 11.2 Å². The fourth-order valence-electron chi connectivity index (χ4n) is 3.29. The molecule has 0 amide bonds. The van der Waals surface area contributed by atoms with E-state index in [1.165, 1.54) is 17.2 Å². The largest absolute Gasteiger partial charge is 0.463 e. The molecule has 1 fully saturated rings. The van der Waals surface area contributed by atoms with Gasteiger partial charge in [0.15, 0.2) is 17.7 Å². The van der Waals surface area contributed by atoms with Gasteiger partial charge in [0.05, 0.1) is 6.33 Å². The van der Waals surface area contributed by atoms with Crippen molar-refractivity contribution in [3.8, 4) is 0 Å². The van der Waals surface area contributed by atoms with Gasteiger partial charge in [0.1, 0.15) is 36.8 Å². The zero-order valence-electron chi connectivity index (χ0n) is 15.5. The number of benzene rings is 1. The van der Waals surface area contributed by atoms with Crippen molar-refractivity contribution in [1.29, 1.82) is 0 Å². The number of fused-ring (bicyclic) bond motifs is 1. The summed E-state index contributed by atoms with van der Waals surface area (Å²) >= 11 is 0. The van der Waals surface area contributed by atoms with Gasteiger partial charge < -0.3 is 25.4 Å². The molecule has 0 saturated carbocycles. The standard InChI is InChI=1S/C19H21N5O5/c20-17-14-18(22-9-21-17)24(10-23-14)19-16(27)15(26)12(29-19)8-28-13(25)7-6-11-4-2-1-3-5-11/h1-5,9-10,12,15-16,19,26-27H,6-8H2,(H2,20,21,22)/t12-,15-,16+,19-/m1/s1. The van der Waals surface area contributed by atoms with Crippen LogP contribution in [0.15, 0.2) is 43.0 Å². The van der Waals surface area contributed by atoms with E-state index in [0.29, 0.717) is 17.6 Å². The van der Waals surface area contributed by atoms with Gasteiger partial charge in [-0.25, -0.2) is 15.0 Å². The number of ether oxygens (including phenoxy) is 2. The number of carbonyl (C=O) groups is 1. The van der Waals surface area contributed by atoms with Crippen molar-refractivity contribution < 1.29 is 24.5 Å². The van der Waals surface area contributed by atoms with E-state index in [0.717, 1.165) is 5.56 Å². The first-order valence-corrected chi connectivity index (χ1v) is 9.18. The van der Waals surface area contributed by atoms with Crippen LogP contribution in [0.3, 0.4) is 0 Å². The number of carbonyl (C=O) groups excluding carboxylic acids is 1. The Hall–Kier alpha value is -3.08. The zero-order valence-corrected chi connectivity index (χ0v) is 15.5. The van der Waals surface area contributed by atoms with Crippen LogP contribution >= 0.6 is 0 Å². The Morgan fingerprint density at radius 1 is 1.17 bits per heavy atom. The third kappa shape index (κ3) is 3.90. The Kier molecular flexibility index (Phi) is 5.38. The molecule has 0 spiro atoms. The number of esters is 1. The van der Waals surface area contributed by atoms with Crippen LogP contribution in [0.2, 0.25) is 0 Å². The molecule has 3 aromatic rings. The fourth-order valence-corrected chi connectivity index (χ4v) is 3.29. The van der Waals surface area contributed by atoms with Gasteiger partial charge in [0.25, 0.3) is 0 Å². The number of nitrogens with two attached hydrogens (primary N) is 1. The highest BCUT2D eigenvalue weighted by atomic mass is 16.6. The highest BCUT2D eigenvalue weighted by molar-refractivity contribution is 5.81. The van der Waals surface area contributed by atoms with Crippen molar-refractivity contribution in [1.82, 2.24) is 19.5 Å². The number of imidazole rings is 1. The summed E-state index contributed by atoms with van der Waals surface area (Å²) in [5.74, 6) is -0.207. The number of aromatic nitrogens is 4. The average Bonchev–Trinajstić information content (AvgIpc) is 3.28. The molecule has 29 heavy (non-hydrogen) atoms. The lowest BCUT2D eigenvalue weighted by Crippen LogP contribution is -2.34. The molecule has 10 heteroatoms. The van der Waals surface area contributed by atoms with Crippen LogP contribution in [-0.4, -0.2) is 60.6 Å². The van der Waals surface area contributed by atoms with Gasteiger partial charge in [-0.15, -0.1) is 0 Å². The summed E-state index contributed by atoms with van der Waals surface area (Å²) in [6.07, 6.45) is -0.869. The van der Waals surface area contributed by atoms with Crippen molar-refractivity contribution in [3.63, 3.8) is 0 Å². The van der Waals surface area contributed by atoms with Crippen LogP contribution in [-0.2, 0) is 20.7 Å². The van der Waals surface area contributed by atoms with Crippen LogP contribution in [0.1, 0.15) is 18.2 Å². The maximum absolute atomic E-state index is 12.0. The Morgan fingerprint density at radius 2 is 1.97 bits per heavy atom.